The van der Waals surface area contributed by atoms with Gasteiger partial charge in [0.15, 0.2) is 0 Å². The summed E-state index contributed by atoms with van der Waals surface area (Å²) in [4.78, 5) is 34.6. The predicted molar refractivity (Wildman–Crippen MR) is 69.0 cm³/mol. The van der Waals surface area contributed by atoms with Crippen molar-refractivity contribution >= 4 is 17.8 Å². The third-order valence-electron chi connectivity index (χ3n) is 3.94. The van der Waals surface area contributed by atoms with Gasteiger partial charge in [-0.25, -0.2) is 0 Å². The average Bonchev–Trinajstić information content (AvgIpc) is 2.72. The van der Waals surface area contributed by atoms with Crippen LogP contribution in [-0.2, 0) is 14.4 Å². The highest BCUT2D eigenvalue weighted by Crippen LogP contribution is 2.38. The molecule has 1 rings (SSSR count). The Kier molecular flexibility index (Phi) is 4.55. The summed E-state index contributed by atoms with van der Waals surface area (Å²) in [5.41, 5.74) is 4.03. The zero-order valence-electron chi connectivity index (χ0n) is 11.6. The summed E-state index contributed by atoms with van der Waals surface area (Å²) in [6.07, 6.45) is 1.92. The maximum Gasteiger partial charge on any atom is 0.307 e. The van der Waals surface area contributed by atoms with E-state index in [1.807, 2.05) is 6.92 Å². The standard InChI is InChI=1S/C13H22N2O4/c1-4-7-5-8(9(6-7)11(17)18)10(16)15-13(2,3)12(14)19/h7-9H,4-6H2,1-3H3,(H2,14,19)(H,15,16)(H,17,18)/t7?,8-,9+/m0/s1. The highest BCUT2D eigenvalue weighted by atomic mass is 16.4. The number of nitrogens with two attached hydrogens (primary N) is 1. The van der Waals surface area contributed by atoms with Crippen molar-refractivity contribution in [2.24, 2.45) is 23.5 Å². The van der Waals surface area contributed by atoms with Crippen LogP contribution in [0.3, 0.4) is 0 Å². The molecule has 1 fully saturated rings. The summed E-state index contributed by atoms with van der Waals surface area (Å²) >= 11 is 0. The van der Waals surface area contributed by atoms with Crippen LogP contribution >= 0.6 is 0 Å². The third-order valence-corrected chi connectivity index (χ3v) is 3.94. The van der Waals surface area contributed by atoms with E-state index in [0.29, 0.717) is 12.8 Å². The minimum Gasteiger partial charge on any atom is -0.481 e. The molecule has 0 spiro atoms. The van der Waals surface area contributed by atoms with Crippen LogP contribution in [0.25, 0.3) is 0 Å². The van der Waals surface area contributed by atoms with Gasteiger partial charge in [0.25, 0.3) is 0 Å². The van der Waals surface area contributed by atoms with Gasteiger partial charge in [-0.2, -0.15) is 0 Å². The van der Waals surface area contributed by atoms with E-state index in [9.17, 15) is 19.5 Å². The molecule has 1 aliphatic rings. The van der Waals surface area contributed by atoms with Crippen LogP contribution in [-0.4, -0.2) is 28.4 Å². The van der Waals surface area contributed by atoms with Gasteiger partial charge in [0, 0.05) is 0 Å². The fourth-order valence-electron chi connectivity index (χ4n) is 2.50. The Bertz CT molecular complexity index is 392. The van der Waals surface area contributed by atoms with E-state index in [4.69, 9.17) is 5.73 Å². The van der Waals surface area contributed by atoms with Crippen molar-refractivity contribution in [2.45, 2.75) is 45.6 Å². The molecule has 0 saturated heterocycles. The SMILES string of the molecule is CCC1C[C@H](C(=O)NC(C)(C)C(N)=O)[C@H](C(=O)O)C1. The number of amides is 2. The number of carbonyl (C=O) groups excluding carboxylic acids is 2. The molecule has 0 radical (unpaired) electrons. The lowest BCUT2D eigenvalue weighted by atomic mass is 9.93. The molecule has 0 aromatic rings. The van der Waals surface area contributed by atoms with Gasteiger partial charge >= 0.3 is 5.97 Å². The molecule has 19 heavy (non-hydrogen) atoms. The molecule has 1 unspecified atom stereocenters. The van der Waals surface area contributed by atoms with Gasteiger partial charge in [-0.3, -0.25) is 14.4 Å². The van der Waals surface area contributed by atoms with Crippen LogP contribution in [0.2, 0.25) is 0 Å². The normalized spacial score (nSPS) is 27.0. The maximum absolute atomic E-state index is 12.2. The second-order valence-electron chi connectivity index (χ2n) is 5.78. The minimum absolute atomic E-state index is 0.244. The minimum atomic E-state index is -1.16. The largest absolute Gasteiger partial charge is 0.481 e. The van der Waals surface area contributed by atoms with Gasteiger partial charge in [-0.05, 0) is 32.6 Å². The van der Waals surface area contributed by atoms with Gasteiger partial charge in [0.2, 0.25) is 11.8 Å². The molecule has 0 aromatic heterocycles. The predicted octanol–water partition coefficient (Wildman–Crippen LogP) is 0.504. The van der Waals surface area contributed by atoms with E-state index in [1.165, 1.54) is 13.8 Å². The molecule has 0 aliphatic heterocycles. The fourth-order valence-corrected chi connectivity index (χ4v) is 2.50. The summed E-state index contributed by atoms with van der Waals surface area (Å²) < 4.78 is 0. The van der Waals surface area contributed by atoms with E-state index >= 15 is 0 Å². The second kappa shape index (κ2) is 5.59. The van der Waals surface area contributed by atoms with Crippen LogP contribution in [0, 0.1) is 17.8 Å². The van der Waals surface area contributed by atoms with Gasteiger partial charge in [-0.15, -0.1) is 0 Å². The van der Waals surface area contributed by atoms with Crippen LogP contribution in [0.15, 0.2) is 0 Å². The first-order valence-electron chi connectivity index (χ1n) is 6.53. The van der Waals surface area contributed by atoms with Crippen molar-refractivity contribution in [3.63, 3.8) is 0 Å². The number of carboxylic acids is 1. The molecule has 0 aromatic carbocycles. The number of rotatable bonds is 5. The molecule has 3 atom stereocenters. The summed E-state index contributed by atoms with van der Waals surface area (Å²) in [6, 6.07) is 0. The van der Waals surface area contributed by atoms with E-state index < -0.39 is 35.2 Å². The number of primary amides is 1. The van der Waals surface area contributed by atoms with Crippen LogP contribution < -0.4 is 11.1 Å². The molecule has 108 valence electrons. The Labute approximate surface area is 112 Å². The average molecular weight is 270 g/mol. The molecule has 0 heterocycles. The molecule has 4 N–H and O–H groups in total. The van der Waals surface area contributed by atoms with Crippen molar-refractivity contribution in [3.8, 4) is 0 Å². The number of hydrogen-bond acceptors (Lipinski definition) is 3. The molecule has 0 bridgehead atoms. The summed E-state index contributed by atoms with van der Waals surface area (Å²) in [6.45, 7) is 5.00. The Balaban J connectivity index is 2.80. The Morgan fingerprint density at radius 2 is 1.79 bits per heavy atom. The lowest BCUT2D eigenvalue weighted by molar-refractivity contribution is -0.146. The molecule has 2 amide bonds. The highest BCUT2D eigenvalue weighted by molar-refractivity contribution is 5.92. The van der Waals surface area contributed by atoms with Crippen molar-refractivity contribution in [3.05, 3.63) is 0 Å². The molecule has 1 aliphatic carbocycles. The summed E-state index contributed by atoms with van der Waals surface area (Å²) in [7, 11) is 0. The fraction of sp³-hybridized carbons (Fsp3) is 0.769. The number of aliphatic carboxylic acids is 1. The lowest BCUT2D eigenvalue weighted by Gasteiger charge is -2.25. The van der Waals surface area contributed by atoms with Crippen LogP contribution in [0.1, 0.15) is 40.0 Å². The van der Waals surface area contributed by atoms with Crippen molar-refractivity contribution in [1.82, 2.24) is 5.32 Å². The Hall–Kier alpha value is -1.59. The van der Waals surface area contributed by atoms with E-state index in [0.717, 1.165) is 6.42 Å². The maximum atomic E-state index is 12.2. The summed E-state index contributed by atoms with van der Waals surface area (Å²) in [5.74, 6) is -3.00. The van der Waals surface area contributed by atoms with Crippen molar-refractivity contribution < 1.29 is 19.5 Å². The first kappa shape index (κ1) is 15.5. The number of carbonyl (C=O) groups is 3. The lowest BCUT2D eigenvalue weighted by Crippen LogP contribution is -2.55. The first-order chi connectivity index (χ1) is 8.69. The van der Waals surface area contributed by atoms with Gasteiger partial charge < -0.3 is 16.2 Å². The quantitative estimate of drug-likeness (QED) is 0.675. The highest BCUT2D eigenvalue weighted by Gasteiger charge is 2.43. The van der Waals surface area contributed by atoms with E-state index in [1.54, 1.807) is 0 Å². The van der Waals surface area contributed by atoms with E-state index in [2.05, 4.69) is 5.32 Å². The second-order valence-corrected chi connectivity index (χ2v) is 5.78. The van der Waals surface area contributed by atoms with Crippen molar-refractivity contribution in [1.29, 1.82) is 0 Å². The topological polar surface area (TPSA) is 109 Å². The zero-order chi connectivity index (χ0) is 14.8. The molecular formula is C13H22N2O4. The zero-order valence-corrected chi connectivity index (χ0v) is 11.6. The van der Waals surface area contributed by atoms with Crippen LogP contribution in [0.5, 0.6) is 0 Å². The van der Waals surface area contributed by atoms with E-state index in [-0.39, 0.29) is 5.92 Å². The van der Waals surface area contributed by atoms with Gasteiger partial charge in [0.05, 0.1) is 11.8 Å². The van der Waals surface area contributed by atoms with Crippen molar-refractivity contribution in [2.75, 3.05) is 0 Å². The monoisotopic (exact) mass is 270 g/mol. The summed E-state index contributed by atoms with van der Waals surface area (Å²) in [5, 5.41) is 11.7. The third kappa shape index (κ3) is 3.45. The molecule has 6 heteroatoms. The first-order valence-corrected chi connectivity index (χ1v) is 6.53. The smallest absolute Gasteiger partial charge is 0.307 e. The number of carboxylic acid groups (broad SMARTS) is 1. The Morgan fingerprint density at radius 3 is 2.21 bits per heavy atom. The molecular weight excluding hydrogens is 248 g/mol. The molecule has 1 saturated carbocycles. The number of nitrogens with one attached hydrogen (secondary N) is 1. The van der Waals surface area contributed by atoms with Gasteiger partial charge in [0.1, 0.15) is 5.54 Å². The Morgan fingerprint density at radius 1 is 1.26 bits per heavy atom. The number of hydrogen-bond donors (Lipinski definition) is 3. The molecule has 6 nitrogen and oxygen atoms in total. The van der Waals surface area contributed by atoms with Gasteiger partial charge in [-0.1, -0.05) is 13.3 Å². The van der Waals surface area contributed by atoms with Crippen LogP contribution in [0.4, 0.5) is 0 Å².